The van der Waals surface area contributed by atoms with Crippen molar-refractivity contribution in [2.45, 2.75) is 6.92 Å². The average molecular weight is 124 g/mol. The van der Waals surface area contributed by atoms with Crippen LogP contribution < -0.4 is 11.1 Å². The van der Waals surface area contributed by atoms with Crippen molar-refractivity contribution < 1.29 is 0 Å². The standard InChI is InChI=1S/C7H12N2/c1-6-2-3-9-7(4-6)5-8/h2,4,9H,3,5,8H2,1H3. The van der Waals surface area contributed by atoms with E-state index in [1.807, 2.05) is 0 Å². The Morgan fingerprint density at radius 2 is 2.56 bits per heavy atom. The highest BCUT2D eigenvalue weighted by atomic mass is 14.9. The van der Waals surface area contributed by atoms with E-state index in [9.17, 15) is 0 Å². The first-order chi connectivity index (χ1) is 4.33. The Balaban J connectivity index is 2.63. The Morgan fingerprint density at radius 3 is 3.00 bits per heavy atom. The Kier molecular flexibility index (Phi) is 1.90. The van der Waals surface area contributed by atoms with Gasteiger partial charge in [0.15, 0.2) is 0 Å². The van der Waals surface area contributed by atoms with Crippen LogP contribution in [0, 0.1) is 0 Å². The minimum absolute atomic E-state index is 0.616. The summed E-state index contributed by atoms with van der Waals surface area (Å²) in [5, 5.41) is 3.16. The van der Waals surface area contributed by atoms with Crippen molar-refractivity contribution in [2.75, 3.05) is 13.1 Å². The van der Waals surface area contributed by atoms with E-state index in [1.165, 1.54) is 5.57 Å². The highest BCUT2D eigenvalue weighted by Gasteiger charge is 1.96. The van der Waals surface area contributed by atoms with Crippen molar-refractivity contribution in [2.24, 2.45) is 5.73 Å². The summed E-state index contributed by atoms with van der Waals surface area (Å²) in [6.45, 7) is 3.62. The average Bonchev–Trinajstić information content (AvgIpc) is 1.88. The van der Waals surface area contributed by atoms with Gasteiger partial charge in [-0.3, -0.25) is 0 Å². The number of nitrogens with two attached hydrogens (primary N) is 1. The van der Waals surface area contributed by atoms with Gasteiger partial charge in [-0.2, -0.15) is 0 Å². The lowest BCUT2D eigenvalue weighted by molar-refractivity contribution is 0.842. The van der Waals surface area contributed by atoms with Crippen LogP contribution in [0.3, 0.4) is 0 Å². The van der Waals surface area contributed by atoms with Gasteiger partial charge in [-0.05, 0) is 13.0 Å². The predicted molar refractivity (Wildman–Crippen MR) is 38.9 cm³/mol. The number of allylic oxidation sites excluding steroid dienone is 2. The first kappa shape index (κ1) is 6.36. The molecule has 0 aromatic rings. The predicted octanol–water partition coefficient (Wildman–Crippen LogP) is 0.379. The van der Waals surface area contributed by atoms with Gasteiger partial charge in [-0.15, -0.1) is 0 Å². The monoisotopic (exact) mass is 124 g/mol. The zero-order valence-corrected chi connectivity index (χ0v) is 5.65. The van der Waals surface area contributed by atoms with Crippen LogP contribution in [0.4, 0.5) is 0 Å². The van der Waals surface area contributed by atoms with E-state index in [2.05, 4.69) is 24.4 Å². The number of dihydropyridines is 1. The molecule has 0 aromatic carbocycles. The van der Waals surface area contributed by atoms with Gasteiger partial charge in [-0.25, -0.2) is 0 Å². The zero-order chi connectivity index (χ0) is 6.69. The summed E-state index contributed by atoms with van der Waals surface area (Å²) in [6, 6.07) is 0. The first-order valence-corrected chi connectivity index (χ1v) is 3.14. The van der Waals surface area contributed by atoms with Crippen molar-refractivity contribution in [1.82, 2.24) is 5.32 Å². The second-order valence-corrected chi connectivity index (χ2v) is 2.20. The van der Waals surface area contributed by atoms with Gasteiger partial charge in [0.2, 0.25) is 0 Å². The maximum absolute atomic E-state index is 5.41. The molecule has 2 heteroatoms. The lowest BCUT2D eigenvalue weighted by Gasteiger charge is -2.11. The second-order valence-electron chi connectivity index (χ2n) is 2.20. The molecule has 0 aromatic heterocycles. The number of rotatable bonds is 1. The molecular formula is C7H12N2. The minimum atomic E-state index is 0.616. The van der Waals surface area contributed by atoms with Crippen molar-refractivity contribution in [3.8, 4) is 0 Å². The maximum atomic E-state index is 5.41. The molecule has 0 atom stereocenters. The van der Waals surface area contributed by atoms with Gasteiger partial charge in [0.05, 0.1) is 0 Å². The fourth-order valence-electron chi connectivity index (χ4n) is 0.859. The van der Waals surface area contributed by atoms with Gasteiger partial charge in [-0.1, -0.05) is 11.6 Å². The van der Waals surface area contributed by atoms with Crippen LogP contribution >= 0.6 is 0 Å². The lowest BCUT2D eigenvalue weighted by atomic mass is 10.2. The molecule has 0 bridgehead atoms. The molecule has 50 valence electrons. The molecule has 0 amide bonds. The quantitative estimate of drug-likeness (QED) is 0.530. The molecule has 1 heterocycles. The fourth-order valence-corrected chi connectivity index (χ4v) is 0.859. The maximum Gasteiger partial charge on any atom is 0.0333 e. The van der Waals surface area contributed by atoms with Gasteiger partial charge < -0.3 is 11.1 Å². The number of hydrogen-bond acceptors (Lipinski definition) is 2. The van der Waals surface area contributed by atoms with Crippen molar-refractivity contribution >= 4 is 0 Å². The molecule has 0 aliphatic carbocycles. The van der Waals surface area contributed by atoms with Gasteiger partial charge in [0.1, 0.15) is 0 Å². The molecule has 0 spiro atoms. The Bertz CT molecular complexity index is 156. The summed E-state index contributed by atoms with van der Waals surface area (Å²) in [5.41, 5.74) is 7.84. The third-order valence-corrected chi connectivity index (χ3v) is 1.37. The summed E-state index contributed by atoms with van der Waals surface area (Å²) in [5.74, 6) is 0. The van der Waals surface area contributed by atoms with Gasteiger partial charge in [0, 0.05) is 18.8 Å². The molecule has 9 heavy (non-hydrogen) atoms. The van der Waals surface area contributed by atoms with Crippen LogP contribution in [0.2, 0.25) is 0 Å². The molecule has 0 unspecified atom stereocenters. The third kappa shape index (κ3) is 1.57. The molecule has 0 fully saturated rings. The smallest absolute Gasteiger partial charge is 0.0333 e. The van der Waals surface area contributed by atoms with Crippen LogP contribution in [0.15, 0.2) is 23.4 Å². The van der Waals surface area contributed by atoms with Gasteiger partial charge >= 0.3 is 0 Å². The Hall–Kier alpha value is -0.760. The summed E-state index contributed by atoms with van der Waals surface area (Å²) in [4.78, 5) is 0. The molecule has 0 saturated heterocycles. The molecular weight excluding hydrogens is 112 g/mol. The lowest BCUT2D eigenvalue weighted by Crippen LogP contribution is -2.22. The highest BCUT2D eigenvalue weighted by Crippen LogP contribution is 2.02. The van der Waals surface area contributed by atoms with Crippen molar-refractivity contribution in [3.05, 3.63) is 23.4 Å². The van der Waals surface area contributed by atoms with Crippen LogP contribution in [0.25, 0.3) is 0 Å². The van der Waals surface area contributed by atoms with Crippen LogP contribution in [0.5, 0.6) is 0 Å². The molecule has 3 N–H and O–H groups in total. The summed E-state index contributed by atoms with van der Waals surface area (Å²) >= 11 is 0. The SMILES string of the molecule is CC1=CCNC(CN)=C1. The molecule has 0 radical (unpaired) electrons. The third-order valence-electron chi connectivity index (χ3n) is 1.37. The molecule has 1 aliphatic rings. The van der Waals surface area contributed by atoms with E-state index in [0.29, 0.717) is 6.54 Å². The van der Waals surface area contributed by atoms with Crippen LogP contribution in [-0.4, -0.2) is 13.1 Å². The minimum Gasteiger partial charge on any atom is -0.384 e. The summed E-state index contributed by atoms with van der Waals surface area (Å²) < 4.78 is 0. The van der Waals surface area contributed by atoms with Crippen molar-refractivity contribution in [1.29, 1.82) is 0 Å². The molecule has 2 nitrogen and oxygen atoms in total. The van der Waals surface area contributed by atoms with Crippen molar-refractivity contribution in [3.63, 3.8) is 0 Å². The van der Waals surface area contributed by atoms with E-state index >= 15 is 0 Å². The summed E-state index contributed by atoms with van der Waals surface area (Å²) in [6.07, 6.45) is 4.21. The van der Waals surface area contributed by atoms with Crippen LogP contribution in [0.1, 0.15) is 6.92 Å². The zero-order valence-electron chi connectivity index (χ0n) is 5.65. The molecule has 0 saturated carbocycles. The largest absolute Gasteiger partial charge is 0.384 e. The first-order valence-electron chi connectivity index (χ1n) is 3.14. The van der Waals surface area contributed by atoms with E-state index in [4.69, 9.17) is 5.73 Å². The van der Waals surface area contributed by atoms with E-state index < -0.39 is 0 Å². The molecule has 1 rings (SSSR count). The number of hydrogen-bond donors (Lipinski definition) is 2. The number of nitrogens with one attached hydrogen (secondary N) is 1. The normalized spacial score (nSPS) is 18.0. The molecule has 1 aliphatic heterocycles. The van der Waals surface area contributed by atoms with Gasteiger partial charge in [0.25, 0.3) is 0 Å². The Morgan fingerprint density at radius 1 is 1.78 bits per heavy atom. The van der Waals surface area contributed by atoms with Crippen LogP contribution in [-0.2, 0) is 0 Å². The fraction of sp³-hybridized carbons (Fsp3) is 0.429. The highest BCUT2D eigenvalue weighted by molar-refractivity contribution is 5.25. The second kappa shape index (κ2) is 2.69. The van der Waals surface area contributed by atoms with E-state index in [1.54, 1.807) is 0 Å². The Labute approximate surface area is 55.4 Å². The van der Waals surface area contributed by atoms with E-state index in [0.717, 1.165) is 12.2 Å². The summed E-state index contributed by atoms with van der Waals surface area (Å²) in [7, 11) is 0. The topological polar surface area (TPSA) is 38.0 Å². The van der Waals surface area contributed by atoms with E-state index in [-0.39, 0.29) is 0 Å².